The minimum absolute atomic E-state index is 0.0180. The molecule has 0 aliphatic carbocycles. The number of benzene rings is 1. The van der Waals surface area contributed by atoms with Crippen LogP contribution >= 0.6 is 22.7 Å². The highest BCUT2D eigenvalue weighted by Gasteiger charge is 2.31. The van der Waals surface area contributed by atoms with Crippen LogP contribution in [0.15, 0.2) is 65.4 Å². The fraction of sp³-hybridized carbons (Fsp3) is 0.250. The summed E-state index contributed by atoms with van der Waals surface area (Å²) in [5.41, 5.74) is 1.83. The molecule has 0 bridgehead atoms. The van der Waals surface area contributed by atoms with E-state index in [1.807, 2.05) is 59.3 Å². The molecule has 1 atom stereocenters. The van der Waals surface area contributed by atoms with Crippen molar-refractivity contribution in [2.24, 2.45) is 0 Å². The highest BCUT2D eigenvalue weighted by molar-refractivity contribution is 7.89. The Hall–Kier alpha value is -1.84. The molecule has 1 aromatic carbocycles. The van der Waals surface area contributed by atoms with E-state index >= 15 is 0 Å². The third kappa shape index (κ3) is 4.59. The maximum atomic E-state index is 12.7. The Labute approximate surface area is 173 Å². The first kappa shape index (κ1) is 19.5. The summed E-state index contributed by atoms with van der Waals surface area (Å²) in [6.45, 7) is 1.03. The molecule has 1 aliphatic heterocycles. The van der Waals surface area contributed by atoms with Gasteiger partial charge in [-0.3, -0.25) is 0 Å². The first-order chi connectivity index (χ1) is 13.6. The first-order valence-corrected chi connectivity index (χ1v) is 12.2. The van der Waals surface area contributed by atoms with E-state index < -0.39 is 10.0 Å². The molecule has 2 aromatic heterocycles. The highest BCUT2D eigenvalue weighted by Crippen LogP contribution is 2.29. The number of sulfonamides is 1. The molecule has 0 radical (unpaired) electrons. The van der Waals surface area contributed by atoms with Crippen LogP contribution in [0.2, 0.25) is 0 Å². The van der Waals surface area contributed by atoms with Crippen LogP contribution in [0.5, 0.6) is 0 Å². The molecule has 8 heteroatoms. The quantitative estimate of drug-likeness (QED) is 0.526. The molecular weight excluding hydrogens is 412 g/mol. The Morgan fingerprint density at radius 1 is 1.14 bits per heavy atom. The lowest BCUT2D eigenvalue weighted by molar-refractivity contribution is 0.0887. The van der Waals surface area contributed by atoms with Gasteiger partial charge in [0.1, 0.15) is 5.01 Å². The van der Waals surface area contributed by atoms with Gasteiger partial charge in [-0.1, -0.05) is 48.6 Å². The average Bonchev–Trinajstić information content (AvgIpc) is 3.37. The summed E-state index contributed by atoms with van der Waals surface area (Å²) < 4.78 is 32.6. The highest BCUT2D eigenvalue weighted by atomic mass is 32.2. The number of hydrogen-bond acceptors (Lipinski definition) is 6. The van der Waals surface area contributed by atoms with Gasteiger partial charge in [0.05, 0.1) is 42.1 Å². The second-order valence-electron chi connectivity index (χ2n) is 6.44. The van der Waals surface area contributed by atoms with E-state index in [4.69, 9.17) is 4.74 Å². The second-order valence-corrected chi connectivity index (χ2v) is 10.2. The van der Waals surface area contributed by atoms with E-state index in [1.54, 1.807) is 28.7 Å². The van der Waals surface area contributed by atoms with E-state index in [1.165, 1.54) is 4.31 Å². The number of thiazole rings is 1. The summed E-state index contributed by atoms with van der Waals surface area (Å²) in [5, 5.41) is 4.87. The molecule has 1 aliphatic rings. The van der Waals surface area contributed by atoms with Gasteiger partial charge in [-0.15, -0.1) is 22.7 Å². The fourth-order valence-electron chi connectivity index (χ4n) is 3.01. The average molecular weight is 433 g/mol. The van der Waals surface area contributed by atoms with Crippen LogP contribution in [-0.4, -0.2) is 36.1 Å². The van der Waals surface area contributed by atoms with E-state index in [0.29, 0.717) is 13.2 Å². The van der Waals surface area contributed by atoms with Crippen molar-refractivity contribution in [1.29, 1.82) is 0 Å². The number of nitrogens with zero attached hydrogens (tertiary/aromatic N) is 2. The summed E-state index contributed by atoms with van der Waals surface area (Å²) in [6, 6.07) is 13.6. The molecule has 0 N–H and O–H groups in total. The topological polar surface area (TPSA) is 59.5 Å². The first-order valence-electron chi connectivity index (χ1n) is 8.88. The fourth-order valence-corrected chi connectivity index (χ4v) is 6.05. The van der Waals surface area contributed by atoms with Crippen LogP contribution in [0.1, 0.15) is 11.3 Å². The molecule has 0 spiro atoms. The predicted molar refractivity (Wildman–Crippen MR) is 114 cm³/mol. The number of ether oxygens (including phenoxy) is 1. The third-order valence-corrected chi connectivity index (χ3v) is 8.05. The lowest BCUT2D eigenvalue weighted by Gasteiger charge is -2.30. The van der Waals surface area contributed by atoms with Crippen LogP contribution in [0, 0.1) is 0 Å². The normalized spacial score (nSPS) is 19.1. The lowest BCUT2D eigenvalue weighted by Crippen LogP contribution is -2.44. The Morgan fingerprint density at radius 3 is 2.79 bits per heavy atom. The SMILES string of the molecule is O=S1(=O)CC=C[C@H](COCc2ccccc2)N1Cc1csc(-c2cccs2)n1. The Balaban J connectivity index is 1.45. The number of hydrogen-bond donors (Lipinski definition) is 0. The zero-order chi connectivity index (χ0) is 19.4. The molecule has 146 valence electrons. The summed E-state index contributed by atoms with van der Waals surface area (Å²) in [5.74, 6) is 0.0180. The maximum absolute atomic E-state index is 12.7. The van der Waals surface area contributed by atoms with Gasteiger partial charge in [0.15, 0.2) is 0 Å². The van der Waals surface area contributed by atoms with Gasteiger partial charge in [-0.25, -0.2) is 13.4 Å². The third-order valence-electron chi connectivity index (χ3n) is 4.39. The standard InChI is InChI=1S/C20H20N2O3S3/c23-28(24)11-5-8-18(14-25-13-16-6-2-1-3-7-16)22(28)12-17-15-27-20(21-17)19-9-4-10-26-19/h1-10,15,18H,11-14H2/t18-/m1/s1. The number of rotatable bonds is 7. The van der Waals surface area contributed by atoms with Crippen molar-refractivity contribution in [3.05, 3.63) is 76.6 Å². The number of thiophene rings is 1. The van der Waals surface area contributed by atoms with E-state index in [-0.39, 0.29) is 18.3 Å². The van der Waals surface area contributed by atoms with Crippen molar-refractivity contribution in [3.8, 4) is 9.88 Å². The van der Waals surface area contributed by atoms with E-state index in [0.717, 1.165) is 21.1 Å². The van der Waals surface area contributed by atoms with Gasteiger partial charge in [0.25, 0.3) is 0 Å². The van der Waals surface area contributed by atoms with Gasteiger partial charge in [0.2, 0.25) is 10.0 Å². The van der Waals surface area contributed by atoms with Gasteiger partial charge in [-0.05, 0) is 17.0 Å². The molecule has 0 saturated carbocycles. The number of aromatic nitrogens is 1. The van der Waals surface area contributed by atoms with Gasteiger partial charge < -0.3 is 4.74 Å². The zero-order valence-corrected chi connectivity index (χ0v) is 17.6. The molecule has 5 nitrogen and oxygen atoms in total. The molecule has 4 rings (SSSR count). The molecular formula is C20H20N2O3S3. The molecule has 0 amide bonds. The van der Waals surface area contributed by atoms with Crippen LogP contribution in [-0.2, 0) is 27.9 Å². The Kier molecular flexibility index (Phi) is 6.03. The second kappa shape index (κ2) is 8.67. The lowest BCUT2D eigenvalue weighted by atomic mass is 10.2. The molecule has 0 fully saturated rings. The van der Waals surface area contributed by atoms with Crippen molar-refractivity contribution < 1.29 is 13.2 Å². The van der Waals surface area contributed by atoms with Crippen LogP contribution in [0.25, 0.3) is 9.88 Å². The summed E-state index contributed by atoms with van der Waals surface area (Å²) in [6.07, 6.45) is 3.62. The molecule has 3 aromatic rings. The van der Waals surface area contributed by atoms with Gasteiger partial charge in [-0.2, -0.15) is 4.31 Å². The molecule has 28 heavy (non-hydrogen) atoms. The van der Waals surface area contributed by atoms with Gasteiger partial charge >= 0.3 is 0 Å². The molecule has 3 heterocycles. The van der Waals surface area contributed by atoms with Crippen molar-refractivity contribution in [2.75, 3.05) is 12.4 Å². The van der Waals surface area contributed by atoms with E-state index in [2.05, 4.69) is 4.98 Å². The predicted octanol–water partition coefficient (Wildman–Crippen LogP) is 4.16. The minimum Gasteiger partial charge on any atom is -0.375 e. The van der Waals surface area contributed by atoms with Crippen LogP contribution in [0.4, 0.5) is 0 Å². The monoisotopic (exact) mass is 432 g/mol. The van der Waals surface area contributed by atoms with Crippen molar-refractivity contribution in [2.45, 2.75) is 19.2 Å². The molecule has 0 unspecified atom stereocenters. The summed E-state index contributed by atoms with van der Waals surface area (Å²) in [7, 11) is -3.38. The Morgan fingerprint density at radius 2 is 2.00 bits per heavy atom. The summed E-state index contributed by atoms with van der Waals surface area (Å²) in [4.78, 5) is 5.73. The zero-order valence-electron chi connectivity index (χ0n) is 15.1. The van der Waals surface area contributed by atoms with Crippen molar-refractivity contribution >= 4 is 32.7 Å². The Bertz CT molecular complexity index is 1030. The van der Waals surface area contributed by atoms with Crippen LogP contribution < -0.4 is 0 Å². The summed E-state index contributed by atoms with van der Waals surface area (Å²) >= 11 is 3.17. The van der Waals surface area contributed by atoms with Crippen LogP contribution in [0.3, 0.4) is 0 Å². The maximum Gasteiger partial charge on any atom is 0.218 e. The van der Waals surface area contributed by atoms with Crippen molar-refractivity contribution in [1.82, 2.24) is 9.29 Å². The smallest absolute Gasteiger partial charge is 0.218 e. The molecule has 0 saturated heterocycles. The van der Waals surface area contributed by atoms with Gasteiger partial charge in [0, 0.05) is 5.38 Å². The van der Waals surface area contributed by atoms with E-state index in [9.17, 15) is 8.42 Å². The van der Waals surface area contributed by atoms with Crippen molar-refractivity contribution in [3.63, 3.8) is 0 Å². The largest absolute Gasteiger partial charge is 0.375 e. The minimum atomic E-state index is -3.38.